The monoisotopic (exact) mass is 303 g/mol. The Balaban J connectivity index is 2.48. The number of hydrogen-bond acceptors (Lipinski definition) is 5. The number of nitrogens with zero attached hydrogens (tertiary/aromatic N) is 2. The molecule has 1 saturated heterocycles. The van der Waals surface area contributed by atoms with E-state index in [1.807, 2.05) is 0 Å². The number of rotatable bonds is 2. The number of hydrogen-bond donors (Lipinski definition) is 1. The van der Waals surface area contributed by atoms with E-state index in [1.54, 1.807) is 6.07 Å². The van der Waals surface area contributed by atoms with E-state index in [0.717, 1.165) is 4.90 Å². The topological polar surface area (TPSA) is 110 Å². The number of piperazine rings is 1. The van der Waals surface area contributed by atoms with Crippen molar-refractivity contribution in [3.8, 4) is 0 Å². The zero-order chi connectivity index (χ0) is 16.4. The van der Waals surface area contributed by atoms with Crippen LogP contribution in [-0.2, 0) is 14.4 Å². The third-order valence-electron chi connectivity index (χ3n) is 3.25. The van der Waals surface area contributed by atoms with Crippen molar-refractivity contribution in [1.29, 1.82) is 0 Å². The van der Waals surface area contributed by atoms with Crippen molar-refractivity contribution in [2.24, 2.45) is 0 Å². The molecule has 0 bridgehead atoms. The molecule has 1 aliphatic heterocycles. The molecule has 22 heavy (non-hydrogen) atoms. The van der Waals surface area contributed by atoms with Gasteiger partial charge in [-0.05, 0) is 19.1 Å². The number of imide groups is 1. The molecule has 1 aromatic carbocycles. The van der Waals surface area contributed by atoms with Crippen LogP contribution in [-0.4, -0.2) is 33.6 Å². The molecule has 0 unspecified atom stereocenters. The Morgan fingerprint density at radius 3 is 2.59 bits per heavy atom. The number of nitro benzene ring substituents is 1. The number of carbonyl (C=O) groups excluding carboxylic acids is 3. The fourth-order valence-corrected chi connectivity index (χ4v) is 2.16. The first-order valence-electron chi connectivity index (χ1n) is 6.43. The lowest BCUT2D eigenvalue weighted by atomic mass is 10.1. The minimum Gasteiger partial charge on any atom is -0.320 e. The third-order valence-corrected chi connectivity index (χ3v) is 3.25. The van der Waals surface area contributed by atoms with Crippen LogP contribution in [0.2, 0.25) is 0 Å². The fraction of sp³-hybridized carbons (Fsp3) is 0.214. The number of carbonyl (C=O) groups is 3. The van der Waals surface area contributed by atoms with E-state index in [-0.39, 0.29) is 16.9 Å². The Morgan fingerprint density at radius 1 is 1.36 bits per heavy atom. The van der Waals surface area contributed by atoms with Crippen LogP contribution in [0.5, 0.6) is 0 Å². The van der Waals surface area contributed by atoms with Gasteiger partial charge in [0.2, 0.25) is 11.8 Å². The predicted octanol–water partition coefficient (Wildman–Crippen LogP) is 0.829. The van der Waals surface area contributed by atoms with Crippen LogP contribution in [0, 0.1) is 10.1 Å². The SMILES string of the molecule is CC(=O)N1C(=O)/C(=C/c2ccccc2[N+](=O)[O-])NC(=O)[C@@H]1C. The van der Waals surface area contributed by atoms with E-state index in [2.05, 4.69) is 5.32 Å². The van der Waals surface area contributed by atoms with Crippen LogP contribution < -0.4 is 5.32 Å². The maximum Gasteiger partial charge on any atom is 0.277 e. The number of nitrogens with one attached hydrogen (secondary N) is 1. The lowest BCUT2D eigenvalue weighted by molar-refractivity contribution is -0.385. The molecule has 1 fully saturated rings. The molecule has 3 amide bonds. The Kier molecular flexibility index (Phi) is 4.02. The summed E-state index contributed by atoms with van der Waals surface area (Å²) in [5.74, 6) is -1.79. The van der Waals surface area contributed by atoms with Crippen LogP contribution in [0.3, 0.4) is 0 Å². The van der Waals surface area contributed by atoms with Crippen molar-refractivity contribution in [2.45, 2.75) is 19.9 Å². The van der Waals surface area contributed by atoms with E-state index in [9.17, 15) is 24.5 Å². The Hall–Kier alpha value is -3.03. The van der Waals surface area contributed by atoms with Gasteiger partial charge in [0.15, 0.2) is 0 Å². The van der Waals surface area contributed by atoms with Crippen LogP contribution in [0.25, 0.3) is 6.08 Å². The summed E-state index contributed by atoms with van der Waals surface area (Å²) in [4.78, 5) is 46.8. The Bertz CT molecular complexity index is 710. The lowest BCUT2D eigenvalue weighted by Crippen LogP contribution is -2.57. The molecule has 1 aromatic rings. The average Bonchev–Trinajstić information content (AvgIpc) is 2.45. The second-order valence-corrected chi connectivity index (χ2v) is 4.73. The van der Waals surface area contributed by atoms with Gasteiger partial charge in [-0.3, -0.25) is 29.4 Å². The number of nitro groups is 1. The highest BCUT2D eigenvalue weighted by atomic mass is 16.6. The number of amides is 3. The maximum absolute atomic E-state index is 12.3. The van der Waals surface area contributed by atoms with Gasteiger partial charge in [-0.15, -0.1) is 0 Å². The first-order valence-corrected chi connectivity index (χ1v) is 6.43. The van der Waals surface area contributed by atoms with Gasteiger partial charge >= 0.3 is 0 Å². The minimum atomic E-state index is -0.923. The molecule has 8 heteroatoms. The molecule has 1 heterocycles. The molecule has 1 N–H and O–H groups in total. The molecule has 8 nitrogen and oxygen atoms in total. The Labute approximate surface area is 125 Å². The summed E-state index contributed by atoms with van der Waals surface area (Å²) in [5.41, 5.74) is -0.216. The van der Waals surface area contributed by atoms with Crippen molar-refractivity contribution in [3.05, 3.63) is 45.6 Å². The number of benzene rings is 1. The third kappa shape index (κ3) is 2.71. The summed E-state index contributed by atoms with van der Waals surface area (Å²) >= 11 is 0. The summed E-state index contributed by atoms with van der Waals surface area (Å²) in [5, 5.41) is 13.3. The first kappa shape index (κ1) is 15.4. The van der Waals surface area contributed by atoms with Crippen LogP contribution in [0.1, 0.15) is 19.4 Å². The smallest absolute Gasteiger partial charge is 0.277 e. The van der Waals surface area contributed by atoms with Crippen molar-refractivity contribution in [1.82, 2.24) is 10.2 Å². The molecule has 0 aromatic heterocycles. The predicted molar refractivity (Wildman–Crippen MR) is 76.2 cm³/mol. The van der Waals surface area contributed by atoms with E-state index < -0.39 is 28.7 Å². The maximum atomic E-state index is 12.3. The highest BCUT2D eigenvalue weighted by molar-refractivity contribution is 6.13. The summed E-state index contributed by atoms with van der Waals surface area (Å²) in [7, 11) is 0. The highest BCUT2D eigenvalue weighted by Gasteiger charge is 2.37. The van der Waals surface area contributed by atoms with Crippen LogP contribution in [0.4, 0.5) is 5.69 Å². The molecule has 0 radical (unpaired) electrons. The summed E-state index contributed by atoms with van der Waals surface area (Å²) in [6, 6.07) is 4.87. The van der Waals surface area contributed by atoms with E-state index in [1.165, 1.54) is 38.1 Å². The molecular weight excluding hydrogens is 290 g/mol. The molecular formula is C14H13N3O5. The standard InChI is InChI=1S/C14H13N3O5/c1-8-13(19)15-11(14(20)16(8)9(2)18)7-10-5-3-4-6-12(10)17(21)22/h3-8H,1-2H3,(H,15,19)/b11-7-/t8-/m0/s1. The van der Waals surface area contributed by atoms with Gasteiger partial charge in [-0.25, -0.2) is 0 Å². The molecule has 0 aliphatic carbocycles. The second-order valence-electron chi connectivity index (χ2n) is 4.73. The minimum absolute atomic E-state index is 0.161. The quantitative estimate of drug-likeness (QED) is 0.494. The van der Waals surface area contributed by atoms with E-state index in [4.69, 9.17) is 0 Å². The van der Waals surface area contributed by atoms with E-state index in [0.29, 0.717) is 0 Å². The summed E-state index contributed by atoms with van der Waals surface area (Å²) < 4.78 is 0. The normalized spacial score (nSPS) is 20.0. The lowest BCUT2D eigenvalue weighted by Gasteiger charge is -2.31. The van der Waals surface area contributed by atoms with Crippen molar-refractivity contribution in [3.63, 3.8) is 0 Å². The Morgan fingerprint density at radius 2 is 2.00 bits per heavy atom. The molecule has 1 aliphatic rings. The first-order chi connectivity index (χ1) is 10.3. The van der Waals surface area contributed by atoms with Gasteiger partial charge in [0.05, 0.1) is 10.5 Å². The second kappa shape index (κ2) is 5.76. The molecule has 0 spiro atoms. The zero-order valence-corrected chi connectivity index (χ0v) is 11.9. The number of para-hydroxylation sites is 1. The van der Waals surface area contributed by atoms with Gasteiger partial charge in [0, 0.05) is 13.0 Å². The van der Waals surface area contributed by atoms with Crippen molar-refractivity contribution < 1.29 is 19.3 Å². The van der Waals surface area contributed by atoms with Crippen molar-refractivity contribution >= 4 is 29.5 Å². The largest absolute Gasteiger partial charge is 0.320 e. The van der Waals surface area contributed by atoms with Gasteiger partial charge in [0.25, 0.3) is 11.6 Å². The van der Waals surface area contributed by atoms with E-state index >= 15 is 0 Å². The van der Waals surface area contributed by atoms with Gasteiger partial charge in [-0.2, -0.15) is 0 Å². The average molecular weight is 303 g/mol. The fourth-order valence-electron chi connectivity index (χ4n) is 2.16. The molecule has 114 valence electrons. The van der Waals surface area contributed by atoms with Gasteiger partial charge in [0.1, 0.15) is 11.7 Å². The van der Waals surface area contributed by atoms with Gasteiger partial charge < -0.3 is 5.32 Å². The van der Waals surface area contributed by atoms with Crippen LogP contribution >= 0.6 is 0 Å². The van der Waals surface area contributed by atoms with Gasteiger partial charge in [-0.1, -0.05) is 12.1 Å². The molecule has 2 rings (SSSR count). The molecule has 0 saturated carbocycles. The zero-order valence-electron chi connectivity index (χ0n) is 11.9. The highest BCUT2D eigenvalue weighted by Crippen LogP contribution is 2.22. The summed E-state index contributed by atoms with van der Waals surface area (Å²) in [6.07, 6.45) is 1.19. The van der Waals surface area contributed by atoms with Crippen molar-refractivity contribution in [2.75, 3.05) is 0 Å². The molecule has 1 atom stereocenters. The summed E-state index contributed by atoms with van der Waals surface area (Å²) in [6.45, 7) is 2.60. The van der Waals surface area contributed by atoms with Crippen LogP contribution in [0.15, 0.2) is 30.0 Å².